The average Bonchev–Trinajstić information content (AvgIpc) is 3.24. The first kappa shape index (κ1) is 23.4. The third kappa shape index (κ3) is 4.63. The molecule has 0 saturated heterocycles. The molecule has 1 atom stereocenters. The number of nitrogens with zero attached hydrogens (tertiary/aromatic N) is 1. The third-order valence-corrected chi connectivity index (χ3v) is 7.56. The molecule has 2 aromatic carbocycles. The fraction of sp³-hybridized carbons (Fsp3) is 0.333. The molecule has 1 aromatic heterocycles. The lowest BCUT2D eigenvalue weighted by Gasteiger charge is -2.31. The maximum atomic E-state index is 13.1. The number of benzene rings is 2. The molecule has 2 aliphatic heterocycles. The molecule has 35 heavy (non-hydrogen) atoms. The Balaban J connectivity index is 1.39. The van der Waals surface area contributed by atoms with Crippen LogP contribution in [0.3, 0.4) is 0 Å². The van der Waals surface area contributed by atoms with Crippen LogP contribution in [0.2, 0.25) is 0 Å². The van der Waals surface area contributed by atoms with Crippen LogP contribution < -0.4 is 20.1 Å². The van der Waals surface area contributed by atoms with Gasteiger partial charge >= 0.3 is 5.97 Å². The first-order valence-electron chi connectivity index (χ1n) is 11.9. The summed E-state index contributed by atoms with van der Waals surface area (Å²) < 4.78 is 11.4. The van der Waals surface area contributed by atoms with Crippen LogP contribution in [-0.2, 0) is 13.0 Å². The summed E-state index contributed by atoms with van der Waals surface area (Å²) in [5.74, 6) is 0.284. The van der Waals surface area contributed by atoms with E-state index in [0.29, 0.717) is 29.7 Å². The number of rotatable bonds is 6. The van der Waals surface area contributed by atoms with Crippen LogP contribution in [0.5, 0.6) is 11.5 Å². The minimum absolute atomic E-state index is 0.0585. The number of nitrogens with one attached hydrogen (secondary N) is 2. The number of anilines is 1. The van der Waals surface area contributed by atoms with Gasteiger partial charge in [-0.1, -0.05) is 24.3 Å². The van der Waals surface area contributed by atoms with Crippen molar-refractivity contribution in [3.63, 3.8) is 0 Å². The van der Waals surface area contributed by atoms with Gasteiger partial charge in [-0.2, -0.15) is 0 Å². The van der Waals surface area contributed by atoms with Crippen LogP contribution in [0, 0.1) is 0 Å². The summed E-state index contributed by atoms with van der Waals surface area (Å²) in [7, 11) is 0. The Labute approximate surface area is 209 Å². The lowest BCUT2D eigenvalue weighted by molar-refractivity contribution is 0.0728. The number of carbonyl (C=O) groups is 2. The summed E-state index contributed by atoms with van der Waals surface area (Å²) in [6.07, 6.45) is 0.476. The molecular formula is C27H29N3O4S. The molecule has 0 radical (unpaired) electrons. The molecule has 1 amide bonds. The van der Waals surface area contributed by atoms with E-state index in [0.717, 1.165) is 35.6 Å². The summed E-state index contributed by atoms with van der Waals surface area (Å²) in [6.45, 7) is 8.54. The van der Waals surface area contributed by atoms with Crippen molar-refractivity contribution >= 4 is 28.2 Å². The van der Waals surface area contributed by atoms with E-state index >= 15 is 0 Å². The van der Waals surface area contributed by atoms with Gasteiger partial charge in [0.1, 0.15) is 11.2 Å². The van der Waals surface area contributed by atoms with E-state index in [1.807, 2.05) is 25.1 Å². The van der Waals surface area contributed by atoms with Crippen molar-refractivity contribution in [2.24, 2.45) is 0 Å². The highest BCUT2D eigenvalue weighted by atomic mass is 32.1. The fourth-order valence-electron chi connectivity index (χ4n) is 4.53. The van der Waals surface area contributed by atoms with Crippen molar-refractivity contribution in [1.82, 2.24) is 10.2 Å². The van der Waals surface area contributed by atoms with Gasteiger partial charge in [0.05, 0.1) is 17.7 Å². The van der Waals surface area contributed by atoms with Gasteiger partial charge < -0.3 is 20.1 Å². The zero-order valence-electron chi connectivity index (χ0n) is 20.1. The van der Waals surface area contributed by atoms with Crippen LogP contribution in [0.15, 0.2) is 48.5 Å². The summed E-state index contributed by atoms with van der Waals surface area (Å²) in [5, 5.41) is 7.51. The van der Waals surface area contributed by atoms with E-state index in [2.05, 4.69) is 29.4 Å². The van der Waals surface area contributed by atoms with E-state index in [4.69, 9.17) is 9.47 Å². The molecule has 0 spiro atoms. The Morgan fingerprint density at radius 2 is 1.94 bits per heavy atom. The number of carbonyl (C=O) groups excluding carboxylic acids is 2. The number of fused-ring (bicyclic) bond motifs is 3. The maximum Gasteiger partial charge on any atom is 0.343 e. The predicted molar refractivity (Wildman–Crippen MR) is 136 cm³/mol. The van der Waals surface area contributed by atoms with Gasteiger partial charge in [-0.15, -0.1) is 11.3 Å². The van der Waals surface area contributed by atoms with Gasteiger partial charge in [0, 0.05) is 24.0 Å². The topological polar surface area (TPSA) is 79.9 Å². The Morgan fingerprint density at radius 3 is 2.69 bits per heavy atom. The zero-order valence-corrected chi connectivity index (χ0v) is 20.9. The number of thiophene rings is 1. The normalized spacial score (nSPS) is 17.3. The van der Waals surface area contributed by atoms with Gasteiger partial charge in [0.25, 0.3) is 5.91 Å². The van der Waals surface area contributed by atoms with Crippen molar-refractivity contribution < 1.29 is 19.1 Å². The highest BCUT2D eigenvalue weighted by Crippen LogP contribution is 2.42. The highest BCUT2D eigenvalue weighted by Gasteiger charge is 2.34. The first-order chi connectivity index (χ1) is 16.9. The molecular weight excluding hydrogens is 462 g/mol. The number of hydrogen-bond acceptors (Lipinski definition) is 7. The van der Waals surface area contributed by atoms with Crippen molar-refractivity contribution in [2.45, 2.75) is 45.9 Å². The second-order valence-corrected chi connectivity index (χ2v) is 10.1. The maximum absolute atomic E-state index is 13.1. The van der Waals surface area contributed by atoms with E-state index in [-0.39, 0.29) is 5.91 Å². The Morgan fingerprint density at radius 1 is 1.14 bits per heavy atom. The van der Waals surface area contributed by atoms with E-state index in [1.165, 1.54) is 10.4 Å². The minimum Gasteiger partial charge on any atom is -0.490 e. The van der Waals surface area contributed by atoms with Crippen molar-refractivity contribution in [1.29, 1.82) is 0 Å². The monoisotopic (exact) mass is 491 g/mol. The van der Waals surface area contributed by atoms with Gasteiger partial charge in [-0.25, -0.2) is 4.79 Å². The van der Waals surface area contributed by atoms with E-state index in [1.54, 1.807) is 41.7 Å². The first-order valence-corrected chi connectivity index (χ1v) is 12.8. The van der Waals surface area contributed by atoms with Gasteiger partial charge in [-0.3, -0.25) is 9.69 Å². The molecule has 0 bridgehead atoms. The Hall–Kier alpha value is -3.36. The van der Waals surface area contributed by atoms with Crippen LogP contribution in [0.4, 0.5) is 5.00 Å². The standard InChI is InChI=1S/C27H29N3O4S/c1-4-33-21-14-18(10-11-20(21)34-27(32)17-8-6-5-7-9-17)24-28-25(31)23-19-12-13-30(16(2)3)15-22(19)35-26(23)29-24/h5-11,14,16,24,29H,4,12-13,15H2,1-3H3,(H,28,31)/t24-/m1/s1. The summed E-state index contributed by atoms with van der Waals surface area (Å²) in [4.78, 5) is 29.4. The largest absolute Gasteiger partial charge is 0.490 e. The summed E-state index contributed by atoms with van der Waals surface area (Å²) in [5.41, 5.74) is 3.24. The summed E-state index contributed by atoms with van der Waals surface area (Å²) in [6, 6.07) is 14.7. The molecule has 0 aliphatic carbocycles. The lowest BCUT2D eigenvalue weighted by Crippen LogP contribution is -2.39. The van der Waals surface area contributed by atoms with Crippen molar-refractivity contribution in [2.75, 3.05) is 18.5 Å². The van der Waals surface area contributed by atoms with Gasteiger partial charge in [-0.05, 0) is 62.6 Å². The van der Waals surface area contributed by atoms with Crippen LogP contribution in [-0.4, -0.2) is 36.0 Å². The quantitative estimate of drug-likeness (QED) is 0.374. The highest BCUT2D eigenvalue weighted by molar-refractivity contribution is 7.16. The number of esters is 1. The molecule has 182 valence electrons. The van der Waals surface area contributed by atoms with E-state index < -0.39 is 12.1 Å². The molecule has 0 unspecified atom stereocenters. The predicted octanol–water partition coefficient (Wildman–Crippen LogP) is 4.99. The third-order valence-electron chi connectivity index (χ3n) is 6.41. The molecule has 3 heterocycles. The molecule has 0 saturated carbocycles. The van der Waals surface area contributed by atoms with Crippen molar-refractivity contribution in [3.05, 3.63) is 75.7 Å². The smallest absolute Gasteiger partial charge is 0.343 e. The zero-order chi connectivity index (χ0) is 24.5. The number of hydrogen-bond donors (Lipinski definition) is 2. The van der Waals surface area contributed by atoms with Crippen LogP contribution in [0.1, 0.15) is 63.7 Å². The van der Waals surface area contributed by atoms with Crippen molar-refractivity contribution in [3.8, 4) is 11.5 Å². The molecule has 5 rings (SSSR count). The Kier molecular flexibility index (Phi) is 6.49. The lowest BCUT2D eigenvalue weighted by atomic mass is 9.99. The molecule has 2 N–H and O–H groups in total. The number of ether oxygens (including phenoxy) is 2. The second kappa shape index (κ2) is 9.71. The van der Waals surface area contributed by atoms with Crippen LogP contribution in [0.25, 0.3) is 0 Å². The fourth-order valence-corrected chi connectivity index (χ4v) is 5.83. The second-order valence-electron chi connectivity index (χ2n) is 8.97. The average molecular weight is 492 g/mol. The van der Waals surface area contributed by atoms with Gasteiger partial charge in [0.2, 0.25) is 0 Å². The number of amides is 1. The molecule has 8 heteroatoms. The summed E-state index contributed by atoms with van der Waals surface area (Å²) >= 11 is 1.67. The SMILES string of the molecule is CCOc1cc([C@@H]2NC(=O)c3c(sc4c3CCN(C(C)C)C4)N2)ccc1OC(=O)c1ccccc1. The van der Waals surface area contributed by atoms with Crippen LogP contribution >= 0.6 is 11.3 Å². The molecule has 7 nitrogen and oxygen atoms in total. The van der Waals surface area contributed by atoms with Gasteiger partial charge in [0.15, 0.2) is 11.5 Å². The molecule has 2 aliphatic rings. The Bertz CT molecular complexity index is 1250. The molecule has 0 fully saturated rings. The van der Waals surface area contributed by atoms with E-state index in [9.17, 15) is 9.59 Å². The molecule has 3 aromatic rings. The minimum atomic E-state index is -0.451.